The average molecular weight is 289 g/mol. The summed E-state index contributed by atoms with van der Waals surface area (Å²) in [5.74, 6) is 0.504. The zero-order chi connectivity index (χ0) is 15.8. The number of likely N-dealkylation sites (N-methyl/N-ethyl adjacent to an activating group) is 1. The van der Waals surface area contributed by atoms with E-state index in [1.165, 1.54) is 0 Å². The number of amides is 1. The van der Waals surface area contributed by atoms with Gasteiger partial charge in [0.25, 0.3) is 0 Å². The number of anilines is 1. The van der Waals surface area contributed by atoms with E-state index in [4.69, 9.17) is 5.73 Å². The molecule has 116 valence electrons. The second kappa shape index (κ2) is 8.47. The van der Waals surface area contributed by atoms with Gasteiger partial charge in [0.15, 0.2) is 0 Å². The molecule has 0 atom stereocenters. The number of nitrogens with two attached hydrogens (primary N) is 1. The van der Waals surface area contributed by atoms with Crippen molar-refractivity contribution in [2.45, 2.75) is 13.8 Å². The average Bonchev–Trinajstić information content (AvgIpc) is 2.40. The summed E-state index contributed by atoms with van der Waals surface area (Å²) in [6, 6.07) is 7.52. The standard InChI is InChI=1S/C17H27N3O/c1-14(2)13-20(11-10-19(3)4)17(21)9-8-15-6-5-7-16(18)12-15/h5-9,12,14H,10-11,13,18H2,1-4H3/b9-8+. The summed E-state index contributed by atoms with van der Waals surface area (Å²) in [5, 5.41) is 0. The maximum absolute atomic E-state index is 12.3. The van der Waals surface area contributed by atoms with Crippen LogP contribution in [0, 0.1) is 5.92 Å². The highest BCUT2D eigenvalue weighted by atomic mass is 16.2. The van der Waals surface area contributed by atoms with Gasteiger partial charge >= 0.3 is 0 Å². The lowest BCUT2D eigenvalue weighted by Gasteiger charge is -2.25. The van der Waals surface area contributed by atoms with Crippen molar-refractivity contribution in [2.24, 2.45) is 5.92 Å². The van der Waals surface area contributed by atoms with Crippen LogP contribution in [-0.4, -0.2) is 49.4 Å². The number of carbonyl (C=O) groups excluding carboxylic acids is 1. The molecule has 0 unspecified atom stereocenters. The zero-order valence-corrected chi connectivity index (χ0v) is 13.5. The third-order valence-corrected chi connectivity index (χ3v) is 3.04. The quantitative estimate of drug-likeness (QED) is 0.619. The first kappa shape index (κ1) is 17.2. The number of rotatable bonds is 7. The van der Waals surface area contributed by atoms with Gasteiger partial charge in [-0.05, 0) is 43.8 Å². The minimum Gasteiger partial charge on any atom is -0.399 e. The summed E-state index contributed by atoms with van der Waals surface area (Å²) in [6.45, 7) is 6.62. The van der Waals surface area contributed by atoms with Gasteiger partial charge in [-0.25, -0.2) is 0 Å². The molecule has 0 saturated heterocycles. The molecule has 1 aromatic rings. The highest BCUT2D eigenvalue weighted by Gasteiger charge is 2.12. The molecular formula is C17H27N3O. The molecule has 0 radical (unpaired) electrons. The van der Waals surface area contributed by atoms with E-state index < -0.39 is 0 Å². The monoisotopic (exact) mass is 289 g/mol. The molecule has 21 heavy (non-hydrogen) atoms. The molecule has 0 spiro atoms. The van der Waals surface area contributed by atoms with Crippen molar-refractivity contribution in [3.05, 3.63) is 35.9 Å². The predicted molar refractivity (Wildman–Crippen MR) is 89.9 cm³/mol. The van der Waals surface area contributed by atoms with E-state index in [9.17, 15) is 4.79 Å². The van der Waals surface area contributed by atoms with E-state index in [0.29, 0.717) is 11.6 Å². The Bertz CT molecular complexity index is 481. The number of benzene rings is 1. The first-order valence-electron chi connectivity index (χ1n) is 7.35. The number of nitrogens with zero attached hydrogens (tertiary/aromatic N) is 2. The Morgan fingerprint density at radius 2 is 2.00 bits per heavy atom. The number of hydrogen-bond donors (Lipinski definition) is 1. The molecule has 0 bridgehead atoms. The van der Waals surface area contributed by atoms with Crippen molar-refractivity contribution < 1.29 is 4.79 Å². The Morgan fingerprint density at radius 1 is 1.29 bits per heavy atom. The molecule has 0 aliphatic carbocycles. The first-order valence-corrected chi connectivity index (χ1v) is 7.35. The molecule has 1 rings (SSSR count). The molecule has 1 aromatic carbocycles. The zero-order valence-electron chi connectivity index (χ0n) is 13.5. The van der Waals surface area contributed by atoms with E-state index in [2.05, 4.69) is 18.7 Å². The van der Waals surface area contributed by atoms with Crippen LogP contribution in [-0.2, 0) is 4.79 Å². The number of nitrogen functional groups attached to an aromatic ring is 1. The Labute approximate surface area is 128 Å². The van der Waals surface area contributed by atoms with Crippen LogP contribution >= 0.6 is 0 Å². The molecule has 1 amide bonds. The van der Waals surface area contributed by atoms with Crippen LogP contribution in [0.25, 0.3) is 6.08 Å². The maximum Gasteiger partial charge on any atom is 0.246 e. The molecule has 4 nitrogen and oxygen atoms in total. The molecular weight excluding hydrogens is 262 g/mol. The smallest absolute Gasteiger partial charge is 0.246 e. The van der Waals surface area contributed by atoms with Gasteiger partial charge in [-0.15, -0.1) is 0 Å². The molecule has 4 heteroatoms. The van der Waals surface area contributed by atoms with Crippen LogP contribution in [0.4, 0.5) is 5.69 Å². The fraction of sp³-hybridized carbons (Fsp3) is 0.471. The van der Waals surface area contributed by atoms with Crippen molar-refractivity contribution in [2.75, 3.05) is 39.5 Å². The maximum atomic E-state index is 12.3. The van der Waals surface area contributed by atoms with Crippen molar-refractivity contribution in [3.8, 4) is 0 Å². The Morgan fingerprint density at radius 3 is 2.57 bits per heavy atom. The summed E-state index contributed by atoms with van der Waals surface area (Å²) in [5.41, 5.74) is 7.39. The minimum atomic E-state index is 0.0491. The van der Waals surface area contributed by atoms with Crippen LogP contribution in [0.3, 0.4) is 0 Å². The Hall–Kier alpha value is -1.81. The van der Waals surface area contributed by atoms with Crippen molar-refractivity contribution >= 4 is 17.7 Å². The van der Waals surface area contributed by atoms with Crippen molar-refractivity contribution in [1.82, 2.24) is 9.80 Å². The van der Waals surface area contributed by atoms with Gasteiger partial charge in [-0.3, -0.25) is 4.79 Å². The molecule has 2 N–H and O–H groups in total. The summed E-state index contributed by atoms with van der Waals surface area (Å²) in [4.78, 5) is 16.3. The van der Waals surface area contributed by atoms with Crippen LogP contribution in [0.1, 0.15) is 19.4 Å². The lowest BCUT2D eigenvalue weighted by Crippen LogP contribution is -2.38. The fourth-order valence-corrected chi connectivity index (χ4v) is 1.99. The normalized spacial score (nSPS) is 11.5. The third-order valence-electron chi connectivity index (χ3n) is 3.04. The second-order valence-electron chi connectivity index (χ2n) is 5.98. The van der Waals surface area contributed by atoms with E-state index in [1.807, 2.05) is 49.3 Å². The Balaban J connectivity index is 2.70. The van der Waals surface area contributed by atoms with Gasteiger partial charge in [0.05, 0.1) is 0 Å². The lowest BCUT2D eigenvalue weighted by atomic mass is 10.1. The minimum absolute atomic E-state index is 0.0491. The van der Waals surface area contributed by atoms with Crippen LogP contribution < -0.4 is 5.73 Å². The number of carbonyl (C=O) groups is 1. The SMILES string of the molecule is CC(C)CN(CCN(C)C)C(=O)/C=C/c1cccc(N)c1. The van der Waals surface area contributed by atoms with Gasteiger partial charge in [-0.2, -0.15) is 0 Å². The van der Waals surface area contributed by atoms with E-state index in [0.717, 1.165) is 25.2 Å². The molecule has 0 fully saturated rings. The summed E-state index contributed by atoms with van der Waals surface area (Å²) in [6.07, 6.45) is 3.45. The lowest BCUT2D eigenvalue weighted by molar-refractivity contribution is -0.126. The Kier molecular flexibility index (Phi) is 6.96. The molecule has 0 aromatic heterocycles. The van der Waals surface area contributed by atoms with Crippen LogP contribution in [0.5, 0.6) is 0 Å². The molecule has 0 aliphatic rings. The fourth-order valence-electron chi connectivity index (χ4n) is 1.99. The van der Waals surface area contributed by atoms with Crippen molar-refractivity contribution in [1.29, 1.82) is 0 Å². The van der Waals surface area contributed by atoms with Crippen LogP contribution in [0.2, 0.25) is 0 Å². The first-order chi connectivity index (χ1) is 9.88. The summed E-state index contributed by atoms with van der Waals surface area (Å²) in [7, 11) is 4.03. The van der Waals surface area contributed by atoms with Gasteiger partial charge in [-0.1, -0.05) is 26.0 Å². The summed E-state index contributed by atoms with van der Waals surface area (Å²) < 4.78 is 0. The van der Waals surface area contributed by atoms with Gasteiger partial charge in [0.2, 0.25) is 5.91 Å². The molecule has 0 saturated carbocycles. The summed E-state index contributed by atoms with van der Waals surface area (Å²) >= 11 is 0. The third kappa shape index (κ3) is 6.95. The highest BCUT2D eigenvalue weighted by Crippen LogP contribution is 2.09. The van der Waals surface area contributed by atoms with E-state index >= 15 is 0 Å². The molecule has 0 aliphatic heterocycles. The van der Waals surface area contributed by atoms with Crippen LogP contribution in [0.15, 0.2) is 30.3 Å². The predicted octanol–water partition coefficient (Wildman–Crippen LogP) is 2.33. The van der Waals surface area contributed by atoms with E-state index in [1.54, 1.807) is 6.08 Å². The largest absolute Gasteiger partial charge is 0.399 e. The topological polar surface area (TPSA) is 49.6 Å². The number of hydrogen-bond acceptors (Lipinski definition) is 3. The molecule has 0 heterocycles. The second-order valence-corrected chi connectivity index (χ2v) is 5.98. The van der Waals surface area contributed by atoms with Gasteiger partial charge < -0.3 is 15.5 Å². The van der Waals surface area contributed by atoms with E-state index in [-0.39, 0.29) is 5.91 Å². The van der Waals surface area contributed by atoms with Gasteiger partial charge in [0, 0.05) is 31.4 Å². The van der Waals surface area contributed by atoms with Crippen molar-refractivity contribution in [3.63, 3.8) is 0 Å². The highest BCUT2D eigenvalue weighted by molar-refractivity contribution is 5.91. The van der Waals surface area contributed by atoms with Gasteiger partial charge in [0.1, 0.15) is 0 Å².